The Kier molecular flexibility index (Phi) is 6.33. The second-order valence-electron chi connectivity index (χ2n) is 3.86. The first kappa shape index (κ1) is 13.3. The smallest absolute Gasteiger partial charge is 0.386 e. The van der Waals surface area contributed by atoms with Crippen molar-refractivity contribution in [1.82, 2.24) is 0 Å². The SMILES string of the molecule is C1COB(OCCCOB2OCCCO2)OC1. The van der Waals surface area contributed by atoms with Crippen molar-refractivity contribution in [2.75, 3.05) is 39.6 Å². The number of hydrogen-bond donors (Lipinski definition) is 0. The van der Waals surface area contributed by atoms with Crippen LogP contribution in [0.4, 0.5) is 0 Å². The molecule has 0 N–H and O–H groups in total. The zero-order chi connectivity index (χ0) is 11.8. The van der Waals surface area contributed by atoms with Crippen LogP contribution < -0.4 is 0 Å². The van der Waals surface area contributed by atoms with Gasteiger partial charge in [-0.1, -0.05) is 0 Å². The van der Waals surface area contributed by atoms with Crippen LogP contribution in [-0.4, -0.2) is 54.3 Å². The fourth-order valence-corrected chi connectivity index (χ4v) is 1.54. The van der Waals surface area contributed by atoms with Crippen molar-refractivity contribution < 1.29 is 27.9 Å². The highest BCUT2D eigenvalue weighted by molar-refractivity contribution is 6.36. The molecule has 0 aromatic heterocycles. The zero-order valence-electron chi connectivity index (χ0n) is 9.97. The summed E-state index contributed by atoms with van der Waals surface area (Å²) in [4.78, 5) is 0. The van der Waals surface area contributed by atoms with Gasteiger partial charge >= 0.3 is 14.6 Å². The molecule has 0 saturated carbocycles. The van der Waals surface area contributed by atoms with Gasteiger partial charge in [-0.2, -0.15) is 0 Å². The molecule has 0 spiro atoms. The molecule has 8 heteroatoms. The Morgan fingerprint density at radius 3 is 1.53 bits per heavy atom. The minimum Gasteiger partial charge on any atom is -0.386 e. The lowest BCUT2D eigenvalue weighted by atomic mass is 10.2. The summed E-state index contributed by atoms with van der Waals surface area (Å²) in [6.07, 6.45) is 2.62. The molecule has 2 rings (SSSR count). The van der Waals surface area contributed by atoms with Gasteiger partial charge in [0.05, 0.1) is 0 Å². The first-order chi connectivity index (χ1) is 8.45. The Balaban J connectivity index is 1.42. The molecule has 0 radical (unpaired) electrons. The van der Waals surface area contributed by atoms with E-state index in [0.29, 0.717) is 39.6 Å². The Hall–Kier alpha value is -0.110. The Morgan fingerprint density at radius 1 is 0.706 bits per heavy atom. The molecule has 0 aliphatic carbocycles. The molecule has 0 unspecified atom stereocenters. The van der Waals surface area contributed by atoms with E-state index < -0.39 is 14.6 Å². The van der Waals surface area contributed by atoms with E-state index in [1.165, 1.54) is 0 Å². The summed E-state index contributed by atoms with van der Waals surface area (Å²) in [6, 6.07) is 0. The van der Waals surface area contributed by atoms with Gasteiger partial charge in [0, 0.05) is 39.6 Å². The summed E-state index contributed by atoms with van der Waals surface area (Å²) in [7, 11) is -1.02. The second-order valence-corrected chi connectivity index (χ2v) is 3.86. The summed E-state index contributed by atoms with van der Waals surface area (Å²) < 4.78 is 31.7. The summed E-state index contributed by atoms with van der Waals surface area (Å²) in [5.41, 5.74) is 0. The molecular weight excluding hydrogens is 226 g/mol. The Bertz CT molecular complexity index is 176. The average molecular weight is 244 g/mol. The molecule has 2 heterocycles. The van der Waals surface area contributed by atoms with Gasteiger partial charge in [0.1, 0.15) is 0 Å². The van der Waals surface area contributed by atoms with Crippen LogP contribution in [0.15, 0.2) is 0 Å². The number of rotatable bonds is 6. The highest BCUT2D eigenvalue weighted by atomic mass is 16.7. The molecule has 0 atom stereocenters. The quantitative estimate of drug-likeness (QED) is 0.493. The van der Waals surface area contributed by atoms with Gasteiger partial charge < -0.3 is 27.9 Å². The first-order valence-corrected chi connectivity index (χ1v) is 6.15. The largest absolute Gasteiger partial charge is 0.639 e. The molecule has 6 nitrogen and oxygen atoms in total. The van der Waals surface area contributed by atoms with Crippen molar-refractivity contribution >= 4 is 14.6 Å². The molecule has 0 bridgehead atoms. The Labute approximate surface area is 102 Å². The fraction of sp³-hybridized carbons (Fsp3) is 1.00. The molecule has 96 valence electrons. The minimum atomic E-state index is -0.508. The van der Waals surface area contributed by atoms with Crippen molar-refractivity contribution in [2.45, 2.75) is 19.3 Å². The maximum atomic E-state index is 5.37. The van der Waals surface area contributed by atoms with Gasteiger partial charge in [-0.25, -0.2) is 0 Å². The maximum Gasteiger partial charge on any atom is 0.639 e. The number of hydrogen-bond acceptors (Lipinski definition) is 6. The van der Waals surface area contributed by atoms with Crippen molar-refractivity contribution in [1.29, 1.82) is 0 Å². The van der Waals surface area contributed by atoms with Crippen LogP contribution in [0.5, 0.6) is 0 Å². The lowest BCUT2D eigenvalue weighted by Crippen LogP contribution is -2.34. The van der Waals surface area contributed by atoms with E-state index in [0.717, 1.165) is 19.3 Å². The van der Waals surface area contributed by atoms with Crippen molar-refractivity contribution in [3.63, 3.8) is 0 Å². The van der Waals surface area contributed by atoms with Gasteiger partial charge in [-0.05, 0) is 19.3 Å². The normalized spacial score (nSPS) is 21.9. The molecule has 0 amide bonds. The molecule has 0 aromatic carbocycles. The van der Waals surface area contributed by atoms with Crippen molar-refractivity contribution in [3.8, 4) is 0 Å². The van der Waals surface area contributed by atoms with Crippen molar-refractivity contribution in [2.24, 2.45) is 0 Å². The monoisotopic (exact) mass is 244 g/mol. The molecular formula is C9H18B2O6. The van der Waals surface area contributed by atoms with Crippen LogP contribution in [0.25, 0.3) is 0 Å². The summed E-state index contributed by atoms with van der Waals surface area (Å²) >= 11 is 0. The Morgan fingerprint density at radius 2 is 1.12 bits per heavy atom. The predicted octanol–water partition coefficient (Wildman–Crippen LogP) is 0.253. The van der Waals surface area contributed by atoms with Crippen LogP contribution >= 0.6 is 0 Å². The molecule has 2 aliphatic heterocycles. The van der Waals surface area contributed by atoms with Crippen LogP contribution in [0, 0.1) is 0 Å². The highest BCUT2D eigenvalue weighted by Crippen LogP contribution is 2.04. The van der Waals surface area contributed by atoms with E-state index in [4.69, 9.17) is 27.9 Å². The standard InChI is InChI=1S/C9H18B2O6/c1-4-12-10(13-5-1)16-8-3-9-17-11-14-6-2-7-15-11/h1-9H2. The lowest BCUT2D eigenvalue weighted by Gasteiger charge is -2.20. The maximum absolute atomic E-state index is 5.37. The van der Waals surface area contributed by atoms with Gasteiger partial charge in [0.2, 0.25) is 0 Å². The van der Waals surface area contributed by atoms with Gasteiger partial charge in [-0.3, -0.25) is 0 Å². The van der Waals surface area contributed by atoms with Crippen LogP contribution in [0.3, 0.4) is 0 Å². The third-order valence-electron chi connectivity index (χ3n) is 2.39. The molecule has 0 aromatic rings. The molecule has 2 fully saturated rings. The molecule has 17 heavy (non-hydrogen) atoms. The second kappa shape index (κ2) is 8.07. The van der Waals surface area contributed by atoms with E-state index >= 15 is 0 Å². The van der Waals surface area contributed by atoms with E-state index in [1.807, 2.05) is 0 Å². The summed E-state index contributed by atoms with van der Waals surface area (Å²) in [6.45, 7) is 3.88. The topological polar surface area (TPSA) is 55.4 Å². The third-order valence-corrected chi connectivity index (χ3v) is 2.39. The fourth-order valence-electron chi connectivity index (χ4n) is 1.54. The van der Waals surface area contributed by atoms with E-state index in [2.05, 4.69) is 0 Å². The highest BCUT2D eigenvalue weighted by Gasteiger charge is 2.25. The molecule has 2 saturated heterocycles. The van der Waals surface area contributed by atoms with E-state index in [9.17, 15) is 0 Å². The van der Waals surface area contributed by atoms with Gasteiger partial charge in [-0.15, -0.1) is 0 Å². The van der Waals surface area contributed by atoms with E-state index in [-0.39, 0.29) is 0 Å². The van der Waals surface area contributed by atoms with Crippen LogP contribution in [0.2, 0.25) is 0 Å². The summed E-state index contributed by atoms with van der Waals surface area (Å²) in [5.74, 6) is 0. The predicted molar refractivity (Wildman–Crippen MR) is 61.1 cm³/mol. The van der Waals surface area contributed by atoms with Crippen molar-refractivity contribution in [3.05, 3.63) is 0 Å². The molecule has 2 aliphatic rings. The lowest BCUT2D eigenvalue weighted by molar-refractivity contribution is 0.0377. The van der Waals surface area contributed by atoms with Crippen LogP contribution in [-0.2, 0) is 27.9 Å². The zero-order valence-corrected chi connectivity index (χ0v) is 9.97. The first-order valence-electron chi connectivity index (χ1n) is 6.15. The third kappa shape index (κ3) is 5.37. The van der Waals surface area contributed by atoms with Gasteiger partial charge in [0.15, 0.2) is 0 Å². The summed E-state index contributed by atoms with van der Waals surface area (Å²) in [5, 5.41) is 0. The van der Waals surface area contributed by atoms with E-state index in [1.54, 1.807) is 0 Å². The average Bonchev–Trinajstić information content (AvgIpc) is 2.41. The minimum absolute atomic E-state index is 0.508. The van der Waals surface area contributed by atoms with Crippen LogP contribution in [0.1, 0.15) is 19.3 Å². The van der Waals surface area contributed by atoms with Gasteiger partial charge in [0.25, 0.3) is 0 Å².